The van der Waals surface area contributed by atoms with Gasteiger partial charge in [-0.15, -0.1) is 11.3 Å². The van der Waals surface area contributed by atoms with Crippen molar-refractivity contribution in [1.29, 1.82) is 0 Å². The minimum absolute atomic E-state index is 0.234. The van der Waals surface area contributed by atoms with Crippen LogP contribution in [-0.4, -0.2) is 34.9 Å². The number of para-hydroxylation sites is 1. The Kier molecular flexibility index (Phi) is 5.99. The van der Waals surface area contributed by atoms with Crippen LogP contribution in [0.3, 0.4) is 0 Å². The number of nitrogens with zero attached hydrogens (tertiary/aromatic N) is 2. The Balaban J connectivity index is 1.63. The van der Waals surface area contributed by atoms with Crippen molar-refractivity contribution in [2.45, 2.75) is 19.6 Å². The molecule has 5 nitrogen and oxygen atoms in total. The zero-order chi connectivity index (χ0) is 19.6. The van der Waals surface area contributed by atoms with E-state index < -0.39 is 12.1 Å². The summed E-state index contributed by atoms with van der Waals surface area (Å²) in [6, 6.07) is 12.2. The third-order valence-electron chi connectivity index (χ3n) is 3.87. The Labute approximate surface area is 170 Å². The summed E-state index contributed by atoms with van der Waals surface area (Å²) < 4.78 is 6.32. The Bertz CT molecular complexity index is 973. The number of rotatable bonds is 5. The monoisotopic (exact) mass is 422 g/mol. The Morgan fingerprint density at radius 1 is 1.19 bits per heavy atom. The number of ether oxygens (including phenoxy) is 1. The number of amides is 1. The van der Waals surface area contributed by atoms with E-state index in [1.165, 1.54) is 41.4 Å². The molecule has 140 valence electrons. The van der Waals surface area contributed by atoms with Crippen LogP contribution in [0.1, 0.15) is 22.3 Å². The number of likely N-dealkylation sites (N-methyl/N-ethyl adjacent to an activating group) is 1. The summed E-state index contributed by atoms with van der Waals surface area (Å²) in [7, 11) is 1.65. The Morgan fingerprint density at radius 2 is 1.93 bits per heavy atom. The second-order valence-corrected chi connectivity index (χ2v) is 7.88. The largest absolute Gasteiger partial charge is 0.449 e. The van der Waals surface area contributed by atoms with Gasteiger partial charge in [0.05, 0.1) is 32.4 Å². The number of halogens is 2. The molecule has 0 aliphatic carbocycles. The van der Waals surface area contributed by atoms with Crippen molar-refractivity contribution < 1.29 is 14.3 Å². The van der Waals surface area contributed by atoms with Gasteiger partial charge in [0.15, 0.2) is 6.10 Å². The molecule has 8 heteroatoms. The first-order chi connectivity index (χ1) is 12.8. The molecular formula is C19H16Cl2N2O3S. The highest BCUT2D eigenvalue weighted by molar-refractivity contribution is 7.18. The fourth-order valence-corrected chi connectivity index (χ4v) is 3.80. The molecule has 0 saturated carbocycles. The van der Waals surface area contributed by atoms with Gasteiger partial charge in [0, 0.05) is 7.05 Å². The van der Waals surface area contributed by atoms with E-state index in [9.17, 15) is 9.59 Å². The highest BCUT2D eigenvalue weighted by Gasteiger charge is 2.23. The third kappa shape index (κ3) is 4.58. The Hall–Kier alpha value is -2.15. The smallest absolute Gasteiger partial charge is 0.338 e. The van der Waals surface area contributed by atoms with Gasteiger partial charge < -0.3 is 9.64 Å². The maximum atomic E-state index is 12.5. The maximum Gasteiger partial charge on any atom is 0.338 e. The van der Waals surface area contributed by atoms with Crippen molar-refractivity contribution in [2.24, 2.45) is 0 Å². The summed E-state index contributed by atoms with van der Waals surface area (Å²) in [5, 5.41) is 1.40. The van der Waals surface area contributed by atoms with E-state index in [0.29, 0.717) is 11.6 Å². The minimum Gasteiger partial charge on any atom is -0.449 e. The standard InChI is InChI=1S/C19H16Cl2N2O3S/c1-11(26-19(25)12-7-8-13(20)14(21)9-12)18(24)23(2)10-17-22-15-5-3-4-6-16(15)27-17/h3-9,11H,10H2,1-2H3. The Morgan fingerprint density at radius 3 is 2.63 bits per heavy atom. The van der Waals surface area contributed by atoms with Crippen LogP contribution in [0.15, 0.2) is 42.5 Å². The summed E-state index contributed by atoms with van der Waals surface area (Å²) in [4.78, 5) is 30.7. The van der Waals surface area contributed by atoms with E-state index >= 15 is 0 Å². The summed E-state index contributed by atoms with van der Waals surface area (Å²) >= 11 is 13.3. The quantitative estimate of drug-likeness (QED) is 0.553. The lowest BCUT2D eigenvalue weighted by Crippen LogP contribution is -2.37. The molecule has 0 saturated heterocycles. The number of aromatic nitrogens is 1. The molecule has 0 fully saturated rings. The normalized spacial score (nSPS) is 12.0. The molecule has 0 spiro atoms. The molecule has 27 heavy (non-hydrogen) atoms. The molecule has 0 bridgehead atoms. The van der Waals surface area contributed by atoms with Gasteiger partial charge in [0.2, 0.25) is 0 Å². The second-order valence-electron chi connectivity index (χ2n) is 5.95. The number of benzene rings is 2. The number of carbonyl (C=O) groups is 2. The van der Waals surface area contributed by atoms with Crippen LogP contribution in [-0.2, 0) is 16.1 Å². The molecular weight excluding hydrogens is 407 g/mol. The van der Waals surface area contributed by atoms with Crippen molar-refractivity contribution in [3.63, 3.8) is 0 Å². The molecule has 3 aromatic rings. The van der Waals surface area contributed by atoms with Crippen LogP contribution in [0.4, 0.5) is 0 Å². The molecule has 1 aromatic heterocycles. The van der Waals surface area contributed by atoms with Crippen molar-refractivity contribution in [3.8, 4) is 0 Å². The van der Waals surface area contributed by atoms with E-state index in [1.54, 1.807) is 7.05 Å². The summed E-state index contributed by atoms with van der Waals surface area (Å²) in [6.45, 7) is 1.87. The van der Waals surface area contributed by atoms with E-state index in [2.05, 4.69) is 4.98 Å². The first kappa shape index (κ1) is 19.6. The van der Waals surface area contributed by atoms with E-state index in [1.807, 2.05) is 24.3 Å². The molecule has 1 unspecified atom stereocenters. The van der Waals surface area contributed by atoms with Crippen molar-refractivity contribution in [3.05, 3.63) is 63.1 Å². The van der Waals surface area contributed by atoms with E-state index in [4.69, 9.17) is 27.9 Å². The summed E-state index contributed by atoms with van der Waals surface area (Å²) in [5.41, 5.74) is 1.13. The number of esters is 1. The highest BCUT2D eigenvalue weighted by atomic mass is 35.5. The number of hydrogen-bond donors (Lipinski definition) is 0. The lowest BCUT2D eigenvalue weighted by Gasteiger charge is -2.20. The zero-order valence-electron chi connectivity index (χ0n) is 14.6. The summed E-state index contributed by atoms with van der Waals surface area (Å²) in [6.07, 6.45) is -0.939. The van der Waals surface area contributed by atoms with Crippen LogP contribution >= 0.6 is 34.5 Å². The average molecular weight is 423 g/mol. The maximum absolute atomic E-state index is 12.5. The highest BCUT2D eigenvalue weighted by Crippen LogP contribution is 2.24. The van der Waals surface area contributed by atoms with Crippen LogP contribution in [0.5, 0.6) is 0 Å². The van der Waals surface area contributed by atoms with E-state index in [-0.39, 0.29) is 16.5 Å². The predicted octanol–water partition coefficient (Wildman–Crippen LogP) is 4.81. The van der Waals surface area contributed by atoms with Gasteiger partial charge in [-0.3, -0.25) is 4.79 Å². The molecule has 1 heterocycles. The lowest BCUT2D eigenvalue weighted by atomic mass is 10.2. The number of hydrogen-bond acceptors (Lipinski definition) is 5. The van der Waals surface area contributed by atoms with Crippen molar-refractivity contribution in [2.75, 3.05) is 7.05 Å². The van der Waals surface area contributed by atoms with Gasteiger partial charge in [-0.2, -0.15) is 0 Å². The van der Waals surface area contributed by atoms with Crippen molar-refractivity contribution >= 4 is 56.6 Å². The minimum atomic E-state index is -0.939. The summed E-state index contributed by atoms with van der Waals surface area (Å²) in [5.74, 6) is -0.953. The molecule has 0 aliphatic heterocycles. The van der Waals surface area contributed by atoms with Gasteiger partial charge in [-0.1, -0.05) is 35.3 Å². The fraction of sp³-hybridized carbons (Fsp3) is 0.211. The molecule has 0 radical (unpaired) electrons. The second kappa shape index (κ2) is 8.25. The SMILES string of the molecule is CC(OC(=O)c1ccc(Cl)c(Cl)c1)C(=O)N(C)Cc1nc2ccccc2s1. The third-order valence-corrected chi connectivity index (χ3v) is 5.63. The fourth-order valence-electron chi connectivity index (χ4n) is 2.48. The first-order valence-electron chi connectivity index (χ1n) is 8.10. The van der Waals surface area contributed by atoms with Gasteiger partial charge in [-0.05, 0) is 37.3 Å². The molecule has 0 aliphatic rings. The van der Waals surface area contributed by atoms with Crippen molar-refractivity contribution in [1.82, 2.24) is 9.88 Å². The van der Waals surface area contributed by atoms with Gasteiger partial charge >= 0.3 is 5.97 Å². The van der Waals surface area contributed by atoms with Gasteiger partial charge in [0.1, 0.15) is 5.01 Å². The molecule has 1 amide bonds. The lowest BCUT2D eigenvalue weighted by molar-refractivity contribution is -0.139. The zero-order valence-corrected chi connectivity index (χ0v) is 16.9. The average Bonchev–Trinajstić information content (AvgIpc) is 3.05. The topological polar surface area (TPSA) is 59.5 Å². The number of fused-ring (bicyclic) bond motifs is 1. The van der Waals surface area contributed by atoms with E-state index in [0.717, 1.165) is 15.2 Å². The van der Waals surface area contributed by atoms with Crippen LogP contribution in [0.2, 0.25) is 10.0 Å². The van der Waals surface area contributed by atoms with Gasteiger partial charge in [-0.25, -0.2) is 9.78 Å². The van der Waals surface area contributed by atoms with Crippen LogP contribution in [0, 0.1) is 0 Å². The molecule has 3 rings (SSSR count). The molecule has 2 aromatic carbocycles. The first-order valence-corrected chi connectivity index (χ1v) is 9.68. The molecule has 0 N–H and O–H groups in total. The number of thiazole rings is 1. The number of carbonyl (C=O) groups excluding carboxylic acids is 2. The van der Waals surface area contributed by atoms with Crippen LogP contribution in [0.25, 0.3) is 10.2 Å². The molecule has 1 atom stereocenters. The van der Waals surface area contributed by atoms with Crippen LogP contribution < -0.4 is 0 Å². The van der Waals surface area contributed by atoms with Gasteiger partial charge in [0.25, 0.3) is 5.91 Å². The predicted molar refractivity (Wildman–Crippen MR) is 107 cm³/mol.